The first-order valence-corrected chi connectivity index (χ1v) is 7.33. The fourth-order valence-corrected chi connectivity index (χ4v) is 2.95. The van der Waals surface area contributed by atoms with E-state index in [2.05, 4.69) is 37.5 Å². The number of nitrogens with zero attached hydrogens (tertiary/aromatic N) is 1. The van der Waals surface area contributed by atoms with E-state index < -0.39 is 0 Å². The van der Waals surface area contributed by atoms with Crippen molar-refractivity contribution >= 4 is 18.2 Å². The molecule has 1 atom stereocenters. The molecule has 1 unspecified atom stereocenters. The van der Waals surface area contributed by atoms with Crippen LogP contribution >= 0.6 is 12.4 Å². The molecular weight excluding hydrogens is 274 g/mol. The smallest absolute Gasteiger partial charge is 0.135 e. The highest BCUT2D eigenvalue weighted by Crippen LogP contribution is 2.34. The lowest BCUT2D eigenvalue weighted by molar-refractivity contribution is -0.135. The van der Waals surface area contributed by atoms with Crippen LogP contribution < -0.4 is 0 Å². The summed E-state index contributed by atoms with van der Waals surface area (Å²) in [4.78, 5) is 13.4. The average molecular weight is 300 g/mol. The van der Waals surface area contributed by atoms with Gasteiger partial charge in [0.15, 0.2) is 0 Å². The van der Waals surface area contributed by atoms with Crippen LogP contribution in [0.4, 0.5) is 0 Å². The van der Waals surface area contributed by atoms with Gasteiger partial charge in [0.05, 0.1) is 12.1 Å². The highest BCUT2D eigenvalue weighted by molar-refractivity contribution is 5.85. The van der Waals surface area contributed by atoms with Crippen LogP contribution in [0.5, 0.6) is 0 Å². The second-order valence-corrected chi connectivity index (χ2v) is 6.56. The molecule has 4 heteroatoms. The third-order valence-electron chi connectivity index (χ3n) is 4.00. The molecule has 0 spiro atoms. The summed E-state index contributed by atoms with van der Waals surface area (Å²) in [6.45, 7) is 8.85. The van der Waals surface area contributed by atoms with Gasteiger partial charge in [0, 0.05) is 25.9 Å². The maximum atomic E-state index is 11.2. The third kappa shape index (κ3) is 5.09. The van der Waals surface area contributed by atoms with Crippen LogP contribution in [0.25, 0.3) is 0 Å². The summed E-state index contributed by atoms with van der Waals surface area (Å²) < 4.78 is 6.12. The van der Waals surface area contributed by atoms with Gasteiger partial charge >= 0.3 is 0 Å². The van der Waals surface area contributed by atoms with E-state index in [9.17, 15) is 4.79 Å². The predicted octanol–water partition coefficient (Wildman–Crippen LogP) is 2.81. The van der Waals surface area contributed by atoms with Crippen LogP contribution in [0.3, 0.4) is 0 Å². The van der Waals surface area contributed by atoms with Crippen molar-refractivity contribution in [2.45, 2.75) is 64.1 Å². The molecule has 0 bridgehead atoms. The van der Waals surface area contributed by atoms with Crippen molar-refractivity contribution in [1.29, 1.82) is 0 Å². The fourth-order valence-electron chi connectivity index (χ4n) is 2.95. The Bertz CT molecular complexity index is 400. The van der Waals surface area contributed by atoms with Gasteiger partial charge in [-0.3, -0.25) is 9.69 Å². The molecule has 0 amide bonds. The van der Waals surface area contributed by atoms with Gasteiger partial charge in [-0.1, -0.05) is 11.8 Å². The topological polar surface area (TPSA) is 29.5 Å². The summed E-state index contributed by atoms with van der Waals surface area (Å²) in [6, 6.07) is 0. The van der Waals surface area contributed by atoms with Gasteiger partial charge in [-0.05, 0) is 40.0 Å². The number of hydrogen-bond donors (Lipinski definition) is 0. The molecule has 0 aromatic rings. The number of likely N-dealkylation sites (tertiary alicyclic amines) is 1. The number of rotatable bonds is 1. The number of carbonyl (C=O) groups excluding carboxylic acids is 1. The highest BCUT2D eigenvalue weighted by Gasteiger charge is 2.35. The Morgan fingerprint density at radius 1 is 1.20 bits per heavy atom. The Kier molecular flexibility index (Phi) is 6.06. The van der Waals surface area contributed by atoms with Gasteiger partial charge in [-0.2, -0.15) is 0 Å². The lowest BCUT2D eigenvalue weighted by Gasteiger charge is -2.40. The van der Waals surface area contributed by atoms with Gasteiger partial charge in [0.25, 0.3) is 0 Å². The highest BCUT2D eigenvalue weighted by atomic mass is 35.5. The third-order valence-corrected chi connectivity index (χ3v) is 4.00. The number of piperidine rings is 1. The Hall–Kier alpha value is -0.560. The summed E-state index contributed by atoms with van der Waals surface area (Å²) in [5, 5.41) is 0. The number of ketones is 1. The predicted molar refractivity (Wildman–Crippen MR) is 83.1 cm³/mol. The van der Waals surface area contributed by atoms with Crippen molar-refractivity contribution in [3.63, 3.8) is 0 Å². The Labute approximate surface area is 128 Å². The van der Waals surface area contributed by atoms with Crippen LogP contribution in [-0.2, 0) is 9.53 Å². The van der Waals surface area contributed by atoms with Crippen LogP contribution in [-0.4, -0.2) is 41.5 Å². The monoisotopic (exact) mass is 299 g/mol. The van der Waals surface area contributed by atoms with Crippen LogP contribution in [0, 0.1) is 11.8 Å². The maximum Gasteiger partial charge on any atom is 0.135 e. The second-order valence-electron chi connectivity index (χ2n) is 6.56. The molecule has 0 saturated carbocycles. The molecule has 2 aliphatic heterocycles. The first kappa shape index (κ1) is 17.5. The van der Waals surface area contributed by atoms with Crippen molar-refractivity contribution in [3.05, 3.63) is 0 Å². The summed E-state index contributed by atoms with van der Waals surface area (Å²) in [5.74, 6) is 6.95. The lowest BCUT2D eigenvalue weighted by Crippen LogP contribution is -2.42. The van der Waals surface area contributed by atoms with Gasteiger partial charge in [0.1, 0.15) is 11.4 Å². The minimum absolute atomic E-state index is 0. The van der Waals surface area contributed by atoms with E-state index in [0.717, 1.165) is 32.5 Å². The van der Waals surface area contributed by atoms with Crippen LogP contribution in [0.15, 0.2) is 0 Å². The Morgan fingerprint density at radius 3 is 2.45 bits per heavy atom. The fraction of sp³-hybridized carbons (Fsp3) is 0.812. The molecule has 0 aromatic heterocycles. The van der Waals surface area contributed by atoms with Crippen molar-refractivity contribution < 1.29 is 9.53 Å². The van der Waals surface area contributed by atoms with Crippen LogP contribution in [0.2, 0.25) is 0 Å². The molecule has 0 aliphatic carbocycles. The Morgan fingerprint density at radius 2 is 1.85 bits per heavy atom. The van der Waals surface area contributed by atoms with Crippen molar-refractivity contribution in [1.82, 2.24) is 4.90 Å². The second kappa shape index (κ2) is 6.93. The average Bonchev–Trinajstić information content (AvgIpc) is 2.30. The van der Waals surface area contributed by atoms with Gasteiger partial charge in [0.2, 0.25) is 0 Å². The van der Waals surface area contributed by atoms with Gasteiger partial charge in [-0.25, -0.2) is 0 Å². The lowest BCUT2D eigenvalue weighted by atomic mass is 9.88. The zero-order valence-electron chi connectivity index (χ0n) is 12.8. The molecule has 0 radical (unpaired) electrons. The quantitative estimate of drug-likeness (QED) is 0.697. The first-order chi connectivity index (χ1) is 8.89. The standard InChI is InChI=1S/C16H25NO2.ClH/c1-15(2)8-4-9-16(3,19-15)10-5-11-17-12-6-14(18)7-13-17;/h4,6-9,11-13H2,1-3H3;1H. The maximum absolute atomic E-state index is 11.2. The van der Waals surface area contributed by atoms with E-state index in [1.54, 1.807) is 0 Å². The summed E-state index contributed by atoms with van der Waals surface area (Å²) >= 11 is 0. The SMILES string of the molecule is CC1(C)CCCC(C)(C#CCN2CCC(=O)CC2)O1.Cl. The molecule has 2 saturated heterocycles. The molecule has 0 N–H and O–H groups in total. The number of carbonyl (C=O) groups is 1. The van der Waals surface area contributed by atoms with Crippen molar-refractivity contribution in [2.75, 3.05) is 19.6 Å². The van der Waals surface area contributed by atoms with E-state index in [4.69, 9.17) is 4.74 Å². The summed E-state index contributed by atoms with van der Waals surface area (Å²) in [7, 11) is 0. The summed E-state index contributed by atoms with van der Waals surface area (Å²) in [5.41, 5.74) is -0.355. The molecule has 114 valence electrons. The van der Waals surface area contributed by atoms with Crippen LogP contribution in [0.1, 0.15) is 52.9 Å². The van der Waals surface area contributed by atoms with E-state index in [0.29, 0.717) is 18.6 Å². The molecular formula is C16H26ClNO2. The van der Waals surface area contributed by atoms with Crippen molar-refractivity contribution in [2.24, 2.45) is 0 Å². The number of Topliss-reactive ketones (excluding diaryl/α,β-unsaturated/α-hetero) is 1. The Balaban J connectivity index is 0.00000200. The van der Waals surface area contributed by atoms with E-state index in [-0.39, 0.29) is 23.6 Å². The molecule has 20 heavy (non-hydrogen) atoms. The molecule has 2 rings (SSSR count). The zero-order valence-corrected chi connectivity index (χ0v) is 13.6. The molecule has 3 nitrogen and oxygen atoms in total. The largest absolute Gasteiger partial charge is 0.357 e. The summed E-state index contributed by atoms with van der Waals surface area (Å²) in [6.07, 6.45) is 4.67. The molecule has 2 fully saturated rings. The van der Waals surface area contributed by atoms with Crippen molar-refractivity contribution in [3.8, 4) is 11.8 Å². The van der Waals surface area contributed by atoms with E-state index in [1.807, 2.05) is 0 Å². The minimum atomic E-state index is -0.298. The molecule has 2 heterocycles. The number of hydrogen-bond acceptors (Lipinski definition) is 3. The first-order valence-electron chi connectivity index (χ1n) is 7.33. The van der Waals surface area contributed by atoms with E-state index in [1.165, 1.54) is 6.42 Å². The van der Waals surface area contributed by atoms with Gasteiger partial charge < -0.3 is 4.74 Å². The molecule has 2 aliphatic rings. The number of ether oxygens (including phenoxy) is 1. The number of halogens is 1. The normalized spacial score (nSPS) is 30.1. The van der Waals surface area contributed by atoms with Gasteiger partial charge in [-0.15, -0.1) is 12.4 Å². The zero-order chi connectivity index (χ0) is 13.9. The minimum Gasteiger partial charge on any atom is -0.357 e. The van der Waals surface area contributed by atoms with E-state index >= 15 is 0 Å². The molecule has 0 aromatic carbocycles.